The van der Waals surface area contributed by atoms with Gasteiger partial charge in [0, 0.05) is 16.4 Å². The molecule has 0 atom stereocenters. The van der Waals surface area contributed by atoms with Crippen LogP contribution in [0.1, 0.15) is 27.3 Å². The highest BCUT2D eigenvalue weighted by molar-refractivity contribution is 6.39. The number of anilines is 1. The maximum Gasteiger partial charge on any atom is 0.339 e. The number of aromatic nitrogens is 1. The highest BCUT2D eigenvalue weighted by Gasteiger charge is 2.37. The number of para-hydroxylation sites is 1. The number of nitrogens with zero attached hydrogens (tertiary/aromatic N) is 2. The Balaban J connectivity index is 1.79. The van der Waals surface area contributed by atoms with Crippen LogP contribution in [0, 0.1) is 13.8 Å². The molecule has 1 fully saturated rings. The predicted molar refractivity (Wildman–Crippen MR) is 127 cm³/mol. The third kappa shape index (κ3) is 3.99. The Kier molecular flexibility index (Phi) is 6.08. The molecule has 2 heterocycles. The average Bonchev–Trinajstić information content (AvgIpc) is 3.09. The van der Waals surface area contributed by atoms with Crippen LogP contribution < -0.4 is 10.2 Å². The van der Waals surface area contributed by atoms with Crippen molar-refractivity contribution in [3.05, 3.63) is 87.7 Å². The molecule has 3 aromatic rings. The number of ether oxygens (including phenoxy) is 1. The summed E-state index contributed by atoms with van der Waals surface area (Å²) in [6.45, 7) is 3.65. The Hall–Kier alpha value is -4.17. The molecule has 0 unspecified atom stereocenters. The number of carbonyl (C=O) groups is 4. The number of amides is 4. The van der Waals surface area contributed by atoms with Crippen molar-refractivity contribution >= 4 is 47.2 Å². The van der Waals surface area contributed by atoms with E-state index in [9.17, 15) is 19.2 Å². The topological polar surface area (TPSA) is 97.7 Å². The number of methoxy groups -OCH3 is 1. The first-order valence-corrected chi connectivity index (χ1v) is 10.6. The number of rotatable bonds is 4. The number of esters is 1. The smallest absolute Gasteiger partial charge is 0.339 e. The van der Waals surface area contributed by atoms with Crippen LogP contribution in [-0.4, -0.2) is 35.5 Å². The highest BCUT2D eigenvalue weighted by Crippen LogP contribution is 2.28. The molecule has 1 aliphatic heterocycles. The quantitative estimate of drug-likeness (QED) is 0.345. The summed E-state index contributed by atoms with van der Waals surface area (Å²) in [5.41, 5.74) is 3.11. The van der Waals surface area contributed by atoms with Gasteiger partial charge in [-0.2, -0.15) is 0 Å². The van der Waals surface area contributed by atoms with E-state index in [0.29, 0.717) is 27.5 Å². The minimum Gasteiger partial charge on any atom is -0.465 e. The van der Waals surface area contributed by atoms with Crippen LogP contribution in [0.5, 0.6) is 0 Å². The second-order valence-corrected chi connectivity index (χ2v) is 8.04. The van der Waals surface area contributed by atoms with Crippen LogP contribution in [-0.2, 0) is 14.3 Å². The first-order valence-electron chi connectivity index (χ1n) is 10.3. The highest BCUT2D eigenvalue weighted by atomic mass is 35.5. The molecule has 9 heteroatoms. The molecular weight excluding hydrogens is 458 g/mol. The van der Waals surface area contributed by atoms with E-state index in [2.05, 4.69) is 5.32 Å². The van der Waals surface area contributed by atoms with Crippen molar-refractivity contribution in [1.29, 1.82) is 0 Å². The number of benzene rings is 2. The molecule has 4 rings (SSSR count). The van der Waals surface area contributed by atoms with Crippen LogP contribution in [0.25, 0.3) is 11.8 Å². The van der Waals surface area contributed by atoms with Gasteiger partial charge < -0.3 is 9.30 Å². The molecule has 34 heavy (non-hydrogen) atoms. The largest absolute Gasteiger partial charge is 0.465 e. The van der Waals surface area contributed by atoms with Crippen LogP contribution >= 0.6 is 11.6 Å². The minimum atomic E-state index is -0.841. The summed E-state index contributed by atoms with van der Waals surface area (Å²) in [4.78, 5) is 51.3. The van der Waals surface area contributed by atoms with Gasteiger partial charge in [0.25, 0.3) is 11.8 Å². The van der Waals surface area contributed by atoms with E-state index in [1.165, 1.54) is 25.3 Å². The van der Waals surface area contributed by atoms with Gasteiger partial charge >= 0.3 is 12.0 Å². The molecule has 1 N–H and O–H groups in total. The van der Waals surface area contributed by atoms with Gasteiger partial charge in [-0.05, 0) is 68.0 Å². The number of imide groups is 2. The molecule has 0 aliphatic carbocycles. The molecule has 0 saturated carbocycles. The Bertz CT molecular complexity index is 1370. The number of hydrogen-bond donors (Lipinski definition) is 1. The van der Waals surface area contributed by atoms with Crippen LogP contribution in [0.3, 0.4) is 0 Å². The molecular formula is C25H20ClN3O5. The first kappa shape index (κ1) is 23.0. The van der Waals surface area contributed by atoms with Crippen LogP contribution in [0.15, 0.2) is 60.2 Å². The molecule has 4 amide bonds. The lowest BCUT2D eigenvalue weighted by atomic mass is 10.1. The van der Waals surface area contributed by atoms with E-state index in [0.717, 1.165) is 10.6 Å². The summed E-state index contributed by atoms with van der Waals surface area (Å²) in [5, 5.41) is 2.65. The van der Waals surface area contributed by atoms with Gasteiger partial charge in [-0.3, -0.25) is 14.9 Å². The van der Waals surface area contributed by atoms with Crippen molar-refractivity contribution in [3.63, 3.8) is 0 Å². The SMILES string of the molecule is COC(=O)c1ccccc1-n1c(C)cc(/C=C2\C(=O)NC(=O)N(c3ccc(Cl)cc3)C2=O)c1C. The maximum atomic E-state index is 13.2. The van der Waals surface area contributed by atoms with Gasteiger partial charge in [-0.1, -0.05) is 23.7 Å². The van der Waals surface area contributed by atoms with E-state index in [1.807, 2.05) is 11.5 Å². The summed E-state index contributed by atoms with van der Waals surface area (Å²) in [6, 6.07) is 14.0. The number of carbonyl (C=O) groups excluding carboxylic acids is 4. The molecule has 8 nitrogen and oxygen atoms in total. The van der Waals surface area contributed by atoms with Crippen molar-refractivity contribution in [1.82, 2.24) is 9.88 Å². The van der Waals surface area contributed by atoms with Crippen molar-refractivity contribution in [2.45, 2.75) is 13.8 Å². The monoisotopic (exact) mass is 477 g/mol. The second-order valence-electron chi connectivity index (χ2n) is 7.60. The lowest BCUT2D eigenvalue weighted by Crippen LogP contribution is -2.54. The maximum absolute atomic E-state index is 13.2. The Morgan fingerprint density at radius 3 is 2.38 bits per heavy atom. The van der Waals surface area contributed by atoms with Gasteiger partial charge in [-0.15, -0.1) is 0 Å². The molecule has 0 radical (unpaired) electrons. The van der Waals surface area contributed by atoms with Crippen molar-refractivity contribution in [2.24, 2.45) is 0 Å². The fourth-order valence-electron chi connectivity index (χ4n) is 3.89. The third-order valence-corrected chi connectivity index (χ3v) is 5.76. The fourth-order valence-corrected chi connectivity index (χ4v) is 4.02. The van der Waals surface area contributed by atoms with Crippen LogP contribution in [0.2, 0.25) is 5.02 Å². The first-order chi connectivity index (χ1) is 16.2. The van der Waals surface area contributed by atoms with Gasteiger partial charge in [-0.25, -0.2) is 14.5 Å². The molecule has 0 bridgehead atoms. The minimum absolute atomic E-state index is 0.198. The van der Waals surface area contributed by atoms with Crippen molar-refractivity contribution < 1.29 is 23.9 Å². The molecule has 172 valence electrons. The zero-order valence-electron chi connectivity index (χ0n) is 18.6. The van der Waals surface area contributed by atoms with Gasteiger partial charge in [0.05, 0.1) is 24.0 Å². The third-order valence-electron chi connectivity index (χ3n) is 5.51. The standard InChI is InChI=1S/C25H20ClN3O5/c1-14-12-16(15(2)28(14)21-7-5-4-6-19(21)24(32)34-3)13-20-22(30)27-25(33)29(23(20)31)18-10-8-17(26)9-11-18/h4-13H,1-3H3,(H,27,30,33)/b20-13+. The number of aryl methyl sites for hydroxylation is 1. The van der Waals surface area contributed by atoms with E-state index in [1.54, 1.807) is 49.4 Å². The lowest BCUT2D eigenvalue weighted by molar-refractivity contribution is -0.122. The number of urea groups is 1. The van der Waals surface area contributed by atoms with E-state index >= 15 is 0 Å². The fraction of sp³-hybridized carbons (Fsp3) is 0.120. The van der Waals surface area contributed by atoms with Crippen LogP contribution in [0.4, 0.5) is 10.5 Å². The van der Waals surface area contributed by atoms with Crippen molar-refractivity contribution in [2.75, 3.05) is 12.0 Å². The Morgan fingerprint density at radius 2 is 1.71 bits per heavy atom. The summed E-state index contributed by atoms with van der Waals surface area (Å²) in [7, 11) is 1.31. The molecule has 1 aromatic heterocycles. The number of nitrogens with one attached hydrogen (secondary N) is 1. The summed E-state index contributed by atoms with van der Waals surface area (Å²) in [6.07, 6.45) is 1.44. The van der Waals surface area contributed by atoms with Gasteiger partial charge in [0.15, 0.2) is 0 Å². The molecule has 2 aromatic carbocycles. The second kappa shape index (κ2) is 8.99. The molecule has 1 aliphatic rings. The molecule has 0 spiro atoms. The summed E-state index contributed by atoms with van der Waals surface area (Å²) < 4.78 is 6.74. The zero-order chi connectivity index (χ0) is 24.6. The lowest BCUT2D eigenvalue weighted by Gasteiger charge is -2.26. The van der Waals surface area contributed by atoms with E-state index in [4.69, 9.17) is 16.3 Å². The van der Waals surface area contributed by atoms with Gasteiger partial charge in [0.2, 0.25) is 0 Å². The Morgan fingerprint density at radius 1 is 1.03 bits per heavy atom. The predicted octanol–water partition coefficient (Wildman–Crippen LogP) is 4.20. The normalized spacial score (nSPS) is 15.0. The average molecular weight is 478 g/mol. The van der Waals surface area contributed by atoms with Crippen molar-refractivity contribution in [3.8, 4) is 5.69 Å². The summed E-state index contributed by atoms with van der Waals surface area (Å²) in [5.74, 6) is -2.03. The molecule has 1 saturated heterocycles. The number of halogens is 1. The van der Waals surface area contributed by atoms with E-state index in [-0.39, 0.29) is 11.3 Å². The summed E-state index contributed by atoms with van der Waals surface area (Å²) >= 11 is 5.91. The van der Waals surface area contributed by atoms with E-state index < -0.39 is 23.8 Å². The zero-order valence-corrected chi connectivity index (χ0v) is 19.3. The number of hydrogen-bond acceptors (Lipinski definition) is 5. The Labute approximate surface area is 200 Å². The number of barbiturate groups is 1. The van der Waals surface area contributed by atoms with Gasteiger partial charge in [0.1, 0.15) is 5.57 Å².